The lowest BCUT2D eigenvalue weighted by Crippen LogP contribution is -2.21. The van der Waals surface area contributed by atoms with Crippen molar-refractivity contribution in [3.8, 4) is 23.0 Å². The maximum Gasteiger partial charge on any atom is 0.134 e. The van der Waals surface area contributed by atoms with Crippen molar-refractivity contribution in [3.63, 3.8) is 0 Å². The van der Waals surface area contributed by atoms with E-state index < -0.39 is 5.41 Å². The highest BCUT2D eigenvalue weighted by atomic mass is 16.5. The topological polar surface area (TPSA) is 70.5 Å². The summed E-state index contributed by atoms with van der Waals surface area (Å²) in [7, 11) is 0. The summed E-state index contributed by atoms with van der Waals surface area (Å²) in [6.07, 6.45) is 0. The number of hydrogen-bond acceptors (Lipinski definition) is 4. The van der Waals surface area contributed by atoms with E-state index in [-0.39, 0.29) is 0 Å². The second-order valence-corrected chi connectivity index (χ2v) is 8.88. The first-order chi connectivity index (χ1) is 15.8. The fourth-order valence-corrected chi connectivity index (χ4v) is 4.10. The van der Waals surface area contributed by atoms with Gasteiger partial charge in [0.2, 0.25) is 0 Å². The van der Waals surface area contributed by atoms with E-state index in [9.17, 15) is 0 Å². The zero-order valence-corrected chi connectivity index (χ0v) is 19.6. The highest BCUT2D eigenvalue weighted by Gasteiger charge is 2.31. The Bertz CT molecular complexity index is 1200. The smallest absolute Gasteiger partial charge is 0.134 e. The standard InChI is InChI=1S/C29H30N2O2/c1-19-9-5-15-25(27(19)32-23-13-7-11-21(30)17-23)29(3,4)26-16-6-10-20(2)28(26)33-24-14-8-12-22(31)18-24/h5-18H,30-31H2,1-4H3. The van der Waals surface area contributed by atoms with Crippen LogP contribution in [0.3, 0.4) is 0 Å². The summed E-state index contributed by atoms with van der Waals surface area (Å²) in [6, 6.07) is 27.5. The number of nitrogens with two attached hydrogens (primary N) is 2. The Labute approximate surface area is 195 Å². The molecule has 33 heavy (non-hydrogen) atoms. The van der Waals surface area contributed by atoms with Gasteiger partial charge in [-0.2, -0.15) is 0 Å². The molecule has 4 aromatic carbocycles. The Kier molecular flexibility index (Phi) is 6.01. The molecule has 0 atom stereocenters. The second kappa shape index (κ2) is 8.91. The fourth-order valence-electron chi connectivity index (χ4n) is 4.10. The van der Waals surface area contributed by atoms with E-state index in [1.807, 2.05) is 48.5 Å². The lowest BCUT2D eigenvalue weighted by molar-refractivity contribution is 0.441. The van der Waals surface area contributed by atoms with Gasteiger partial charge in [-0.15, -0.1) is 0 Å². The molecule has 0 bridgehead atoms. The van der Waals surface area contributed by atoms with Gasteiger partial charge in [-0.05, 0) is 49.2 Å². The minimum absolute atomic E-state index is 0.413. The SMILES string of the molecule is Cc1cccc(C(C)(C)c2cccc(C)c2Oc2cccc(N)c2)c1Oc1cccc(N)c1. The van der Waals surface area contributed by atoms with Gasteiger partial charge in [0.1, 0.15) is 23.0 Å². The van der Waals surface area contributed by atoms with Gasteiger partial charge in [0.25, 0.3) is 0 Å². The zero-order valence-electron chi connectivity index (χ0n) is 19.6. The first kappa shape index (κ1) is 22.3. The summed E-state index contributed by atoms with van der Waals surface area (Å²) in [5, 5.41) is 0. The molecule has 0 spiro atoms. The van der Waals surface area contributed by atoms with Crippen LogP contribution in [0.4, 0.5) is 11.4 Å². The van der Waals surface area contributed by atoms with Gasteiger partial charge >= 0.3 is 0 Å². The van der Waals surface area contributed by atoms with Crippen LogP contribution >= 0.6 is 0 Å². The molecule has 0 heterocycles. The predicted octanol–water partition coefficient (Wildman–Crippen LogP) is 7.38. The van der Waals surface area contributed by atoms with Crippen molar-refractivity contribution < 1.29 is 9.47 Å². The van der Waals surface area contributed by atoms with E-state index in [0.717, 1.165) is 33.8 Å². The van der Waals surface area contributed by atoms with E-state index in [4.69, 9.17) is 20.9 Å². The van der Waals surface area contributed by atoms with Crippen LogP contribution in [-0.4, -0.2) is 0 Å². The quantitative estimate of drug-likeness (QED) is 0.308. The molecule has 0 fully saturated rings. The van der Waals surface area contributed by atoms with Crippen molar-refractivity contribution in [2.75, 3.05) is 11.5 Å². The molecule has 0 aliphatic carbocycles. The molecule has 4 rings (SSSR count). The maximum atomic E-state index is 6.40. The third kappa shape index (κ3) is 4.65. The van der Waals surface area contributed by atoms with E-state index in [1.54, 1.807) is 0 Å². The van der Waals surface area contributed by atoms with Crippen LogP contribution in [0, 0.1) is 13.8 Å². The zero-order chi connectivity index (χ0) is 23.6. The van der Waals surface area contributed by atoms with Crippen molar-refractivity contribution in [1.82, 2.24) is 0 Å². The predicted molar refractivity (Wildman–Crippen MR) is 136 cm³/mol. The van der Waals surface area contributed by atoms with Crippen LogP contribution in [0.2, 0.25) is 0 Å². The molecular weight excluding hydrogens is 408 g/mol. The molecule has 0 unspecified atom stereocenters. The number of ether oxygens (including phenoxy) is 2. The molecule has 168 valence electrons. The Morgan fingerprint density at radius 2 is 0.970 bits per heavy atom. The van der Waals surface area contributed by atoms with Crippen LogP contribution in [0.15, 0.2) is 84.9 Å². The summed E-state index contributed by atoms with van der Waals surface area (Å²) < 4.78 is 12.8. The largest absolute Gasteiger partial charge is 0.457 e. The van der Waals surface area contributed by atoms with Crippen LogP contribution in [0.25, 0.3) is 0 Å². The summed E-state index contributed by atoms with van der Waals surface area (Å²) in [4.78, 5) is 0. The Balaban J connectivity index is 1.81. The van der Waals surface area contributed by atoms with Crippen molar-refractivity contribution >= 4 is 11.4 Å². The molecule has 0 aliphatic heterocycles. The van der Waals surface area contributed by atoms with Gasteiger partial charge in [0, 0.05) is 40.0 Å². The highest BCUT2D eigenvalue weighted by Crippen LogP contribution is 2.45. The average Bonchev–Trinajstić information content (AvgIpc) is 2.76. The normalized spacial score (nSPS) is 11.3. The molecule has 0 radical (unpaired) electrons. The Morgan fingerprint density at radius 1 is 0.576 bits per heavy atom. The first-order valence-electron chi connectivity index (χ1n) is 11.0. The summed E-state index contributed by atoms with van der Waals surface area (Å²) in [5.74, 6) is 3.07. The van der Waals surface area contributed by atoms with Gasteiger partial charge in [0.05, 0.1) is 0 Å². The molecule has 4 nitrogen and oxygen atoms in total. The van der Waals surface area contributed by atoms with Crippen LogP contribution in [-0.2, 0) is 5.41 Å². The van der Waals surface area contributed by atoms with Gasteiger partial charge in [0.15, 0.2) is 0 Å². The summed E-state index contributed by atoms with van der Waals surface area (Å²) in [6.45, 7) is 8.49. The minimum atomic E-state index is -0.413. The Hall–Kier alpha value is -3.92. The van der Waals surface area contributed by atoms with Gasteiger partial charge in [-0.1, -0.05) is 62.4 Å². The Morgan fingerprint density at radius 3 is 1.36 bits per heavy atom. The van der Waals surface area contributed by atoms with Gasteiger partial charge < -0.3 is 20.9 Å². The number of para-hydroxylation sites is 2. The number of hydrogen-bond donors (Lipinski definition) is 2. The number of benzene rings is 4. The van der Waals surface area contributed by atoms with E-state index in [0.29, 0.717) is 22.9 Å². The van der Waals surface area contributed by atoms with E-state index in [2.05, 4.69) is 64.1 Å². The molecule has 4 N–H and O–H groups in total. The lowest BCUT2D eigenvalue weighted by atomic mass is 9.76. The minimum Gasteiger partial charge on any atom is -0.457 e. The molecule has 4 heteroatoms. The fraction of sp³-hybridized carbons (Fsp3) is 0.172. The van der Waals surface area contributed by atoms with Crippen LogP contribution in [0.5, 0.6) is 23.0 Å². The van der Waals surface area contributed by atoms with Crippen LogP contribution in [0.1, 0.15) is 36.1 Å². The molecule has 4 aromatic rings. The van der Waals surface area contributed by atoms with Gasteiger partial charge in [-0.3, -0.25) is 0 Å². The number of nitrogen functional groups attached to an aromatic ring is 2. The number of rotatable bonds is 6. The van der Waals surface area contributed by atoms with E-state index >= 15 is 0 Å². The summed E-state index contributed by atoms with van der Waals surface area (Å²) in [5.41, 5.74) is 17.1. The first-order valence-corrected chi connectivity index (χ1v) is 11.0. The second-order valence-electron chi connectivity index (χ2n) is 8.88. The molecule has 0 aliphatic rings. The van der Waals surface area contributed by atoms with E-state index in [1.165, 1.54) is 0 Å². The molecular formula is C29H30N2O2. The average molecular weight is 439 g/mol. The molecule has 0 amide bonds. The molecule has 0 aromatic heterocycles. The third-order valence-electron chi connectivity index (χ3n) is 5.93. The maximum absolute atomic E-state index is 6.40. The molecule has 0 saturated carbocycles. The monoisotopic (exact) mass is 438 g/mol. The van der Waals surface area contributed by atoms with Crippen molar-refractivity contribution in [2.45, 2.75) is 33.1 Å². The third-order valence-corrected chi connectivity index (χ3v) is 5.93. The number of anilines is 2. The number of aryl methyl sites for hydroxylation is 2. The highest BCUT2D eigenvalue weighted by molar-refractivity contribution is 5.57. The summed E-state index contributed by atoms with van der Waals surface area (Å²) >= 11 is 0. The van der Waals surface area contributed by atoms with Crippen molar-refractivity contribution in [2.24, 2.45) is 0 Å². The lowest BCUT2D eigenvalue weighted by Gasteiger charge is -2.31. The molecule has 0 saturated heterocycles. The van der Waals surface area contributed by atoms with Gasteiger partial charge in [-0.25, -0.2) is 0 Å². The van der Waals surface area contributed by atoms with Crippen LogP contribution < -0.4 is 20.9 Å². The van der Waals surface area contributed by atoms with Crippen molar-refractivity contribution in [1.29, 1.82) is 0 Å². The van der Waals surface area contributed by atoms with Crippen molar-refractivity contribution in [3.05, 3.63) is 107 Å².